The summed E-state index contributed by atoms with van der Waals surface area (Å²) in [6.07, 6.45) is 1.21. The van der Waals surface area contributed by atoms with Gasteiger partial charge in [0, 0.05) is 6.21 Å². The van der Waals surface area contributed by atoms with Gasteiger partial charge in [-0.15, -0.1) is 0 Å². The van der Waals surface area contributed by atoms with E-state index >= 15 is 0 Å². The van der Waals surface area contributed by atoms with E-state index in [9.17, 15) is 13.0 Å². The van der Waals surface area contributed by atoms with Crippen LogP contribution < -0.4 is 0 Å². The SMILES string of the molecule is CC(C)(C)[S@@](=O)/N=C/c1cc(F)c(Br)c(F)c1. The highest BCUT2D eigenvalue weighted by Crippen LogP contribution is 2.20. The molecule has 0 aliphatic heterocycles. The number of hydrogen-bond donors (Lipinski definition) is 0. The molecular weight excluding hydrogens is 312 g/mol. The van der Waals surface area contributed by atoms with Crippen LogP contribution in [0.4, 0.5) is 8.78 Å². The molecule has 0 aliphatic rings. The molecule has 17 heavy (non-hydrogen) atoms. The molecule has 0 spiro atoms. The topological polar surface area (TPSA) is 29.4 Å². The summed E-state index contributed by atoms with van der Waals surface area (Å²) in [6.45, 7) is 5.30. The van der Waals surface area contributed by atoms with Crippen LogP contribution in [0.2, 0.25) is 0 Å². The van der Waals surface area contributed by atoms with E-state index < -0.39 is 27.4 Å². The number of hydrogen-bond acceptors (Lipinski definition) is 1. The van der Waals surface area contributed by atoms with Crippen LogP contribution in [-0.4, -0.2) is 15.2 Å². The predicted octanol–water partition coefficient (Wildman–Crippen LogP) is 3.61. The molecule has 1 aromatic carbocycles. The molecule has 0 aromatic heterocycles. The molecule has 94 valence electrons. The Bertz CT molecular complexity index is 460. The van der Waals surface area contributed by atoms with E-state index in [1.165, 1.54) is 6.21 Å². The summed E-state index contributed by atoms with van der Waals surface area (Å²) in [5.41, 5.74) is 0.237. The number of rotatable bonds is 2. The maximum Gasteiger partial charge on any atom is 0.144 e. The van der Waals surface area contributed by atoms with Crippen LogP contribution >= 0.6 is 15.9 Å². The minimum atomic E-state index is -1.44. The lowest BCUT2D eigenvalue weighted by Gasteiger charge is -2.12. The molecule has 0 amide bonds. The summed E-state index contributed by atoms with van der Waals surface area (Å²) in [4.78, 5) is 0. The largest absolute Gasteiger partial charge is 0.234 e. The molecule has 2 nitrogen and oxygen atoms in total. The average Bonchev–Trinajstić information content (AvgIpc) is 2.20. The van der Waals surface area contributed by atoms with Gasteiger partial charge in [0.2, 0.25) is 0 Å². The van der Waals surface area contributed by atoms with Crippen LogP contribution in [0.1, 0.15) is 26.3 Å². The van der Waals surface area contributed by atoms with E-state index in [4.69, 9.17) is 0 Å². The van der Waals surface area contributed by atoms with Crippen LogP contribution in [0, 0.1) is 11.6 Å². The maximum absolute atomic E-state index is 13.2. The highest BCUT2D eigenvalue weighted by molar-refractivity contribution is 9.10. The molecule has 0 heterocycles. The smallest absolute Gasteiger partial charge is 0.144 e. The quantitative estimate of drug-likeness (QED) is 0.604. The van der Waals surface area contributed by atoms with Crippen molar-refractivity contribution in [3.8, 4) is 0 Å². The van der Waals surface area contributed by atoms with Gasteiger partial charge in [-0.05, 0) is 54.4 Å². The second-order valence-electron chi connectivity index (χ2n) is 4.39. The number of halogens is 3. The van der Waals surface area contributed by atoms with Crippen LogP contribution in [-0.2, 0) is 11.0 Å². The van der Waals surface area contributed by atoms with Crippen molar-refractivity contribution in [1.82, 2.24) is 0 Å². The zero-order valence-electron chi connectivity index (χ0n) is 9.63. The van der Waals surface area contributed by atoms with Crippen LogP contribution in [0.25, 0.3) is 0 Å². The van der Waals surface area contributed by atoms with E-state index in [2.05, 4.69) is 20.3 Å². The van der Waals surface area contributed by atoms with Crippen molar-refractivity contribution in [3.05, 3.63) is 33.8 Å². The van der Waals surface area contributed by atoms with Crippen molar-refractivity contribution in [2.45, 2.75) is 25.5 Å². The van der Waals surface area contributed by atoms with Gasteiger partial charge < -0.3 is 0 Å². The van der Waals surface area contributed by atoms with Gasteiger partial charge in [0.15, 0.2) is 0 Å². The van der Waals surface area contributed by atoms with Crippen molar-refractivity contribution in [1.29, 1.82) is 0 Å². The van der Waals surface area contributed by atoms with Crippen LogP contribution in [0.3, 0.4) is 0 Å². The van der Waals surface area contributed by atoms with E-state index in [0.29, 0.717) is 0 Å². The van der Waals surface area contributed by atoms with Gasteiger partial charge in [0.1, 0.15) is 22.6 Å². The van der Waals surface area contributed by atoms with Gasteiger partial charge in [-0.3, -0.25) is 0 Å². The molecule has 0 fully saturated rings. The first-order valence-electron chi connectivity index (χ1n) is 4.82. The Kier molecular flexibility index (Phi) is 4.55. The fourth-order valence-electron chi connectivity index (χ4n) is 0.916. The van der Waals surface area contributed by atoms with Gasteiger partial charge in [0.25, 0.3) is 0 Å². The Morgan fingerprint density at radius 3 is 2.18 bits per heavy atom. The van der Waals surface area contributed by atoms with E-state index in [1.807, 2.05) is 0 Å². The summed E-state index contributed by atoms with van der Waals surface area (Å²) >= 11 is 2.77. The number of benzene rings is 1. The summed E-state index contributed by atoms with van der Waals surface area (Å²) in [5, 5.41) is 0. The molecular formula is C11H12BrF2NOS. The van der Waals surface area contributed by atoms with Gasteiger partial charge in [-0.1, -0.05) is 0 Å². The first-order chi connectivity index (χ1) is 7.71. The van der Waals surface area contributed by atoms with E-state index in [-0.39, 0.29) is 10.0 Å². The Hall–Kier alpha value is -0.620. The first-order valence-corrected chi connectivity index (χ1v) is 6.72. The van der Waals surface area contributed by atoms with Crippen molar-refractivity contribution in [2.24, 2.45) is 4.40 Å². The van der Waals surface area contributed by atoms with Gasteiger partial charge in [0.05, 0.1) is 9.22 Å². The van der Waals surface area contributed by atoms with Gasteiger partial charge >= 0.3 is 0 Å². The highest BCUT2D eigenvalue weighted by atomic mass is 79.9. The maximum atomic E-state index is 13.2. The normalized spacial score (nSPS) is 14.2. The second-order valence-corrected chi connectivity index (χ2v) is 7.12. The first kappa shape index (κ1) is 14.4. The molecule has 0 aliphatic carbocycles. The molecule has 6 heteroatoms. The lowest BCUT2D eigenvalue weighted by Crippen LogP contribution is -2.19. The van der Waals surface area contributed by atoms with Crippen molar-refractivity contribution in [3.63, 3.8) is 0 Å². The van der Waals surface area contributed by atoms with Crippen molar-refractivity contribution >= 4 is 33.1 Å². The minimum Gasteiger partial charge on any atom is -0.234 e. The average molecular weight is 324 g/mol. The Labute approximate surface area is 110 Å². The molecule has 0 N–H and O–H groups in total. The Morgan fingerprint density at radius 1 is 1.29 bits per heavy atom. The molecule has 1 rings (SSSR count). The van der Waals surface area contributed by atoms with Gasteiger partial charge in [-0.2, -0.15) is 4.40 Å². The molecule has 0 saturated heterocycles. The fraction of sp³-hybridized carbons (Fsp3) is 0.364. The zero-order valence-corrected chi connectivity index (χ0v) is 12.0. The molecule has 0 unspecified atom stereocenters. The predicted molar refractivity (Wildman–Crippen MR) is 69.5 cm³/mol. The lowest BCUT2D eigenvalue weighted by atomic mass is 10.2. The van der Waals surface area contributed by atoms with Gasteiger partial charge in [-0.25, -0.2) is 13.0 Å². The minimum absolute atomic E-state index is 0.216. The summed E-state index contributed by atoms with van der Waals surface area (Å²) < 4.78 is 41.0. The number of nitrogens with zero attached hydrogens (tertiary/aromatic N) is 1. The summed E-state index contributed by atoms with van der Waals surface area (Å²) in [7, 11) is -1.44. The molecule has 1 atom stereocenters. The highest BCUT2D eigenvalue weighted by Gasteiger charge is 2.18. The van der Waals surface area contributed by atoms with Crippen LogP contribution in [0.15, 0.2) is 21.0 Å². The third-order valence-electron chi connectivity index (χ3n) is 1.83. The summed E-state index contributed by atoms with van der Waals surface area (Å²) in [6, 6.07) is 2.24. The fourth-order valence-corrected chi connectivity index (χ4v) is 1.68. The summed E-state index contributed by atoms with van der Waals surface area (Å²) in [5.74, 6) is -1.43. The van der Waals surface area contributed by atoms with E-state index in [0.717, 1.165) is 12.1 Å². The molecule has 0 bridgehead atoms. The molecule has 0 saturated carbocycles. The third-order valence-corrected chi connectivity index (χ3v) is 3.93. The second kappa shape index (κ2) is 5.35. The monoisotopic (exact) mass is 323 g/mol. The lowest BCUT2D eigenvalue weighted by molar-refractivity contribution is 0.571. The molecule has 1 aromatic rings. The molecule has 0 radical (unpaired) electrons. The Morgan fingerprint density at radius 2 is 1.76 bits per heavy atom. The standard InChI is InChI=1S/C11H12BrF2NOS/c1-11(2,3)17(16)15-6-7-4-8(13)10(12)9(14)5-7/h4-6H,1-3H3/b15-6+/t17-/m1/s1. The third kappa shape index (κ3) is 3.96. The van der Waals surface area contributed by atoms with Crippen LogP contribution in [0.5, 0.6) is 0 Å². The van der Waals surface area contributed by atoms with Crippen molar-refractivity contribution in [2.75, 3.05) is 0 Å². The zero-order chi connectivity index (χ0) is 13.2. The van der Waals surface area contributed by atoms with Crippen molar-refractivity contribution < 1.29 is 13.0 Å². The Balaban J connectivity index is 2.97. The van der Waals surface area contributed by atoms with E-state index in [1.54, 1.807) is 20.8 Å².